The summed E-state index contributed by atoms with van der Waals surface area (Å²) in [4.78, 5) is 31.3. The molecule has 0 saturated carbocycles. The molecular weight excluding hydrogens is 416 g/mol. The molecule has 9 nitrogen and oxygen atoms in total. The van der Waals surface area contributed by atoms with Crippen molar-refractivity contribution in [1.82, 2.24) is 34.6 Å². The number of aryl methyl sites for hydroxylation is 1. The summed E-state index contributed by atoms with van der Waals surface area (Å²) in [5.41, 5.74) is 10.4. The third-order valence-electron chi connectivity index (χ3n) is 6.08. The van der Waals surface area contributed by atoms with Crippen LogP contribution >= 0.6 is 0 Å². The molecule has 4 aromatic rings. The van der Waals surface area contributed by atoms with Gasteiger partial charge < -0.3 is 15.6 Å². The number of carbonyl (C=O) groups is 1. The number of rotatable bonds is 7. The maximum Gasteiger partial charge on any atom is 0.244 e. The van der Waals surface area contributed by atoms with Gasteiger partial charge in [0.15, 0.2) is 0 Å². The van der Waals surface area contributed by atoms with E-state index in [-0.39, 0.29) is 12.5 Å². The van der Waals surface area contributed by atoms with Gasteiger partial charge in [-0.3, -0.25) is 9.48 Å². The fourth-order valence-electron chi connectivity index (χ4n) is 4.28. The Morgan fingerprint density at radius 1 is 1.15 bits per heavy atom. The van der Waals surface area contributed by atoms with Crippen LogP contribution in [0.2, 0.25) is 0 Å². The summed E-state index contributed by atoms with van der Waals surface area (Å²) in [5, 5.41) is 5.35. The Hall–Kier alpha value is -3.75. The molecule has 0 bridgehead atoms. The summed E-state index contributed by atoms with van der Waals surface area (Å²) in [7, 11) is 0. The standard InChI is InChI=1S/C24H28N8O/c1-2-3-6-22-29-20(10-21(25)30-22)19-13-27-24-18(19)9-16(11-26-24)17-12-28-32(14-17)15-23(33)31-7-4-5-8-31/h9-14H,2-8,15H2,1H3,(H,26,27)(H2,25,29,30). The summed E-state index contributed by atoms with van der Waals surface area (Å²) in [6.45, 7) is 4.09. The number of amides is 1. The number of aromatic amines is 1. The van der Waals surface area contributed by atoms with Crippen LogP contribution in [-0.4, -0.2) is 53.6 Å². The number of aromatic nitrogens is 6. The fraction of sp³-hybridized carbons (Fsp3) is 0.375. The van der Waals surface area contributed by atoms with Gasteiger partial charge >= 0.3 is 0 Å². The molecule has 0 radical (unpaired) electrons. The van der Waals surface area contributed by atoms with Crippen LogP contribution in [0.4, 0.5) is 5.82 Å². The van der Waals surface area contributed by atoms with Crippen LogP contribution in [0, 0.1) is 0 Å². The first-order valence-corrected chi connectivity index (χ1v) is 11.5. The van der Waals surface area contributed by atoms with Crippen molar-refractivity contribution < 1.29 is 4.79 Å². The predicted octanol–water partition coefficient (Wildman–Crippen LogP) is 3.43. The normalized spacial score (nSPS) is 13.8. The van der Waals surface area contributed by atoms with Gasteiger partial charge in [0.05, 0.1) is 11.9 Å². The minimum atomic E-state index is 0.115. The minimum absolute atomic E-state index is 0.115. The van der Waals surface area contributed by atoms with E-state index in [1.165, 1.54) is 0 Å². The monoisotopic (exact) mass is 444 g/mol. The lowest BCUT2D eigenvalue weighted by atomic mass is 10.1. The van der Waals surface area contributed by atoms with Crippen LogP contribution in [0.25, 0.3) is 33.4 Å². The second-order valence-electron chi connectivity index (χ2n) is 8.53. The van der Waals surface area contributed by atoms with Crippen molar-refractivity contribution in [2.24, 2.45) is 0 Å². The number of H-pyrrole nitrogens is 1. The Morgan fingerprint density at radius 3 is 2.82 bits per heavy atom. The largest absolute Gasteiger partial charge is 0.384 e. The van der Waals surface area contributed by atoms with Crippen molar-refractivity contribution in [2.45, 2.75) is 45.6 Å². The number of likely N-dealkylation sites (tertiary alicyclic amines) is 1. The second kappa shape index (κ2) is 9.01. The molecule has 0 atom stereocenters. The molecule has 9 heteroatoms. The van der Waals surface area contributed by atoms with E-state index in [0.29, 0.717) is 5.82 Å². The lowest BCUT2D eigenvalue weighted by Gasteiger charge is -2.14. The number of fused-ring (bicyclic) bond motifs is 1. The van der Waals surface area contributed by atoms with Gasteiger partial charge in [-0.1, -0.05) is 13.3 Å². The van der Waals surface area contributed by atoms with E-state index >= 15 is 0 Å². The van der Waals surface area contributed by atoms with Crippen molar-refractivity contribution in [3.63, 3.8) is 0 Å². The average molecular weight is 445 g/mol. The van der Waals surface area contributed by atoms with Gasteiger partial charge in [0.25, 0.3) is 0 Å². The molecule has 0 aromatic carbocycles. The highest BCUT2D eigenvalue weighted by Gasteiger charge is 2.19. The molecule has 5 heterocycles. The summed E-state index contributed by atoms with van der Waals surface area (Å²) in [5.74, 6) is 1.34. The van der Waals surface area contributed by atoms with Crippen molar-refractivity contribution >= 4 is 22.8 Å². The molecule has 5 rings (SSSR count). The number of pyridine rings is 1. The number of nitrogens with zero attached hydrogens (tertiary/aromatic N) is 6. The van der Waals surface area contributed by atoms with Gasteiger partial charge in [-0.25, -0.2) is 15.0 Å². The zero-order valence-electron chi connectivity index (χ0n) is 18.8. The molecule has 1 amide bonds. The molecule has 3 N–H and O–H groups in total. The molecule has 0 aliphatic carbocycles. The van der Waals surface area contributed by atoms with Crippen LogP contribution in [0.15, 0.2) is 36.9 Å². The Balaban J connectivity index is 1.43. The van der Waals surface area contributed by atoms with E-state index in [9.17, 15) is 4.79 Å². The van der Waals surface area contributed by atoms with E-state index in [2.05, 4.69) is 33.0 Å². The number of hydrogen-bond donors (Lipinski definition) is 2. The average Bonchev–Trinajstić information content (AvgIpc) is 3.57. The van der Waals surface area contributed by atoms with Crippen molar-refractivity contribution in [3.05, 3.63) is 42.7 Å². The molecule has 1 saturated heterocycles. The van der Waals surface area contributed by atoms with Crippen LogP contribution in [-0.2, 0) is 17.8 Å². The molecule has 4 aromatic heterocycles. The lowest BCUT2D eigenvalue weighted by molar-refractivity contribution is -0.130. The first-order chi connectivity index (χ1) is 16.1. The van der Waals surface area contributed by atoms with Gasteiger partial charge in [0.1, 0.15) is 23.8 Å². The Kier molecular flexibility index (Phi) is 5.77. The number of anilines is 1. The van der Waals surface area contributed by atoms with Crippen molar-refractivity contribution in [3.8, 4) is 22.4 Å². The quantitative estimate of drug-likeness (QED) is 0.451. The molecule has 1 aliphatic rings. The first-order valence-electron chi connectivity index (χ1n) is 11.5. The number of hydrogen-bond acceptors (Lipinski definition) is 6. The third-order valence-corrected chi connectivity index (χ3v) is 6.08. The van der Waals surface area contributed by atoms with Crippen LogP contribution in [0.5, 0.6) is 0 Å². The molecule has 170 valence electrons. The molecular formula is C24H28N8O. The minimum Gasteiger partial charge on any atom is -0.384 e. The summed E-state index contributed by atoms with van der Waals surface area (Å²) < 4.78 is 1.70. The van der Waals surface area contributed by atoms with Crippen LogP contribution < -0.4 is 5.73 Å². The van der Waals surface area contributed by atoms with Crippen LogP contribution in [0.3, 0.4) is 0 Å². The molecule has 1 fully saturated rings. The number of carbonyl (C=O) groups excluding carboxylic acids is 1. The molecule has 33 heavy (non-hydrogen) atoms. The van der Waals surface area contributed by atoms with Crippen molar-refractivity contribution in [2.75, 3.05) is 18.8 Å². The van der Waals surface area contributed by atoms with Gasteiger partial charge in [-0.2, -0.15) is 5.10 Å². The van der Waals surface area contributed by atoms with Gasteiger partial charge in [0.2, 0.25) is 5.91 Å². The van der Waals surface area contributed by atoms with Gasteiger partial charge in [-0.15, -0.1) is 0 Å². The molecule has 1 aliphatic heterocycles. The van der Waals surface area contributed by atoms with E-state index in [1.54, 1.807) is 16.9 Å². The molecule has 0 spiro atoms. The topological polar surface area (TPSA) is 119 Å². The maximum absolute atomic E-state index is 12.4. The Bertz CT molecular complexity index is 1280. The zero-order valence-corrected chi connectivity index (χ0v) is 18.8. The highest BCUT2D eigenvalue weighted by Crippen LogP contribution is 2.30. The van der Waals surface area contributed by atoms with Crippen LogP contribution in [0.1, 0.15) is 38.4 Å². The third kappa shape index (κ3) is 4.44. The summed E-state index contributed by atoms with van der Waals surface area (Å²) >= 11 is 0. The first kappa shape index (κ1) is 21.1. The van der Waals surface area contributed by atoms with E-state index < -0.39 is 0 Å². The Labute approximate surface area is 192 Å². The summed E-state index contributed by atoms with van der Waals surface area (Å²) in [6, 6.07) is 3.87. The molecule has 0 unspecified atom stereocenters. The Morgan fingerprint density at radius 2 is 2.00 bits per heavy atom. The van der Waals surface area contributed by atoms with E-state index in [1.807, 2.05) is 23.5 Å². The smallest absolute Gasteiger partial charge is 0.244 e. The van der Waals surface area contributed by atoms with E-state index in [4.69, 9.17) is 10.7 Å². The summed E-state index contributed by atoms with van der Waals surface area (Å²) in [6.07, 6.45) is 12.5. The second-order valence-corrected chi connectivity index (χ2v) is 8.53. The predicted molar refractivity (Wildman–Crippen MR) is 127 cm³/mol. The highest BCUT2D eigenvalue weighted by atomic mass is 16.2. The zero-order chi connectivity index (χ0) is 22.8. The number of nitrogen functional groups attached to an aromatic ring is 1. The van der Waals surface area contributed by atoms with Gasteiger partial charge in [0, 0.05) is 66.2 Å². The fourth-order valence-corrected chi connectivity index (χ4v) is 4.28. The van der Waals surface area contributed by atoms with Gasteiger partial charge in [-0.05, 0) is 25.3 Å². The van der Waals surface area contributed by atoms with E-state index in [0.717, 1.165) is 84.4 Å². The number of nitrogens with one attached hydrogen (secondary N) is 1. The lowest BCUT2D eigenvalue weighted by Crippen LogP contribution is -2.31. The maximum atomic E-state index is 12.4. The highest BCUT2D eigenvalue weighted by molar-refractivity contribution is 5.95. The van der Waals surface area contributed by atoms with Crippen molar-refractivity contribution in [1.29, 1.82) is 0 Å². The SMILES string of the molecule is CCCCc1nc(N)cc(-c2c[nH]c3ncc(-c4cnn(CC(=O)N5CCCC5)c4)cc23)n1. The number of unbranched alkanes of at least 4 members (excludes halogenated alkanes) is 1. The number of nitrogens with two attached hydrogens (primary N) is 1.